The van der Waals surface area contributed by atoms with Gasteiger partial charge in [-0.3, -0.25) is 9.78 Å². The maximum atomic E-state index is 13.7. The minimum Gasteiger partial charge on any atom is -0.480 e. The highest BCUT2D eigenvalue weighted by molar-refractivity contribution is 7.18. The van der Waals surface area contributed by atoms with Crippen LogP contribution in [0.5, 0.6) is 11.8 Å². The van der Waals surface area contributed by atoms with Crippen molar-refractivity contribution in [2.75, 3.05) is 0 Å². The number of aromatic amines is 1. The van der Waals surface area contributed by atoms with Gasteiger partial charge in [-0.05, 0) is 36.5 Å². The smallest absolute Gasteiger partial charge is 0.480 e. The number of hydrogen-bond donors (Lipinski definition) is 2. The van der Waals surface area contributed by atoms with Crippen molar-refractivity contribution in [3.63, 3.8) is 0 Å². The fraction of sp³-hybridized carbons (Fsp3) is 0.389. The Balaban J connectivity index is 1.82. The van der Waals surface area contributed by atoms with Gasteiger partial charge in [0.05, 0.1) is 18.2 Å². The zero-order valence-electron chi connectivity index (χ0n) is 15.7. The zero-order valence-corrected chi connectivity index (χ0v) is 16.8. The van der Waals surface area contributed by atoms with Crippen LogP contribution in [0.3, 0.4) is 0 Å². The highest BCUT2D eigenvalue weighted by Crippen LogP contribution is 2.45. The molecule has 7 nitrogen and oxygen atoms in total. The topological polar surface area (TPSA) is 93.0 Å². The van der Waals surface area contributed by atoms with Crippen LogP contribution in [0.1, 0.15) is 30.1 Å². The number of fused-ring (bicyclic) bond motifs is 1. The summed E-state index contributed by atoms with van der Waals surface area (Å²) in [6.07, 6.45) is -4.17. The van der Waals surface area contributed by atoms with E-state index in [9.17, 15) is 31.9 Å². The van der Waals surface area contributed by atoms with Crippen molar-refractivity contribution in [1.29, 1.82) is 0 Å². The molecule has 2 unspecified atom stereocenters. The highest BCUT2D eigenvalue weighted by atomic mass is 31.0. The molecule has 2 aromatic heterocycles. The third kappa shape index (κ3) is 4.79. The molecule has 13 heteroatoms. The van der Waals surface area contributed by atoms with Gasteiger partial charge >= 0.3 is 6.36 Å². The van der Waals surface area contributed by atoms with Gasteiger partial charge < -0.3 is 9.84 Å². The van der Waals surface area contributed by atoms with Crippen LogP contribution in [0, 0.1) is 5.92 Å². The lowest BCUT2D eigenvalue weighted by molar-refractivity contribution is -0.274. The molecule has 1 saturated carbocycles. The molecule has 166 valence electrons. The van der Waals surface area contributed by atoms with E-state index < -0.39 is 41.8 Å². The molecule has 1 aliphatic carbocycles. The zero-order chi connectivity index (χ0) is 22.6. The van der Waals surface area contributed by atoms with Gasteiger partial charge in [0.25, 0.3) is 17.2 Å². The predicted octanol–water partition coefficient (Wildman–Crippen LogP) is 3.73. The van der Waals surface area contributed by atoms with E-state index in [1.165, 1.54) is 26.1 Å². The molecule has 0 aliphatic heterocycles. The molecular weight excluding hydrogens is 446 g/mol. The van der Waals surface area contributed by atoms with Crippen molar-refractivity contribution in [2.24, 2.45) is 5.92 Å². The lowest BCUT2D eigenvalue weighted by Gasteiger charge is -2.19. The van der Waals surface area contributed by atoms with E-state index >= 15 is 0 Å². The van der Waals surface area contributed by atoms with E-state index in [4.69, 9.17) is 0 Å². The fourth-order valence-corrected chi connectivity index (χ4v) is 3.73. The largest absolute Gasteiger partial charge is 0.573 e. The molecule has 1 aliphatic rings. The summed E-state index contributed by atoms with van der Waals surface area (Å²) < 4.78 is 69.8. The first-order chi connectivity index (χ1) is 14.4. The molecule has 0 spiro atoms. The number of hydrogen-bond acceptors (Lipinski definition) is 5. The number of aromatic hydroxyl groups is 1. The maximum Gasteiger partial charge on any atom is 0.573 e. The van der Waals surface area contributed by atoms with Gasteiger partial charge in [-0.15, -0.1) is 13.2 Å². The summed E-state index contributed by atoms with van der Waals surface area (Å²) in [6, 6.07) is 3.82. The molecule has 31 heavy (non-hydrogen) atoms. The van der Waals surface area contributed by atoms with Crippen LogP contribution in [-0.4, -0.2) is 36.9 Å². The van der Waals surface area contributed by atoms with Crippen molar-refractivity contribution in [3.8, 4) is 11.8 Å². The fourth-order valence-electron chi connectivity index (χ4n) is 3.54. The van der Waals surface area contributed by atoms with E-state index in [-0.39, 0.29) is 22.6 Å². The van der Waals surface area contributed by atoms with Gasteiger partial charge in [-0.25, -0.2) is 13.5 Å². The summed E-state index contributed by atoms with van der Waals surface area (Å²) in [4.78, 5) is 18.3. The number of ether oxygens (including phenoxy) is 1. The summed E-state index contributed by atoms with van der Waals surface area (Å²) in [5.41, 5.74) is -3.81. The summed E-state index contributed by atoms with van der Waals surface area (Å²) in [5, 5.41) is 13.8. The van der Waals surface area contributed by atoms with Crippen molar-refractivity contribution in [3.05, 3.63) is 45.9 Å². The molecule has 0 bridgehead atoms. The first-order valence-corrected chi connectivity index (χ1v) is 9.72. The van der Waals surface area contributed by atoms with Gasteiger partial charge in [0.2, 0.25) is 0 Å². The SMILES string of the molecule is O=c1[nH]c(O)nc2c1c(CC(F)(F)P)nn2C(c1ccc(OC(F)(F)F)cc1)C1CC1. The number of halogens is 5. The average Bonchev–Trinajstić information content (AvgIpc) is 3.38. The average molecular weight is 462 g/mol. The van der Waals surface area contributed by atoms with Crippen molar-refractivity contribution < 1.29 is 31.8 Å². The lowest BCUT2D eigenvalue weighted by atomic mass is 10.0. The molecule has 4 rings (SSSR count). The van der Waals surface area contributed by atoms with Crippen LogP contribution in [-0.2, 0) is 6.42 Å². The van der Waals surface area contributed by atoms with E-state index in [2.05, 4.69) is 19.8 Å². The Bertz CT molecular complexity index is 1170. The Hall–Kier alpha value is -2.75. The summed E-state index contributed by atoms with van der Waals surface area (Å²) in [6.45, 7) is 0. The van der Waals surface area contributed by atoms with Crippen molar-refractivity contribution >= 4 is 20.3 Å². The Morgan fingerprint density at radius 1 is 1.23 bits per heavy atom. The second-order valence-electron chi connectivity index (χ2n) is 7.32. The Morgan fingerprint density at radius 2 is 1.87 bits per heavy atom. The number of alkyl halides is 5. The lowest BCUT2D eigenvalue weighted by Crippen LogP contribution is -2.18. The van der Waals surface area contributed by atoms with Crippen LogP contribution in [0.15, 0.2) is 29.1 Å². The van der Waals surface area contributed by atoms with E-state index in [1.54, 1.807) is 0 Å². The molecule has 0 amide bonds. The van der Waals surface area contributed by atoms with Crippen LogP contribution in [0.4, 0.5) is 22.0 Å². The number of benzene rings is 1. The minimum atomic E-state index is -4.84. The molecule has 2 N–H and O–H groups in total. The van der Waals surface area contributed by atoms with Crippen LogP contribution >= 0.6 is 9.24 Å². The number of aromatic nitrogens is 4. The van der Waals surface area contributed by atoms with Gasteiger partial charge in [0, 0.05) is 0 Å². The number of nitrogens with one attached hydrogen (secondary N) is 1. The molecule has 0 saturated heterocycles. The summed E-state index contributed by atoms with van der Waals surface area (Å²) in [5.74, 6) is -0.406. The van der Waals surface area contributed by atoms with Gasteiger partial charge in [0.1, 0.15) is 11.1 Å². The van der Waals surface area contributed by atoms with E-state index in [1.807, 2.05) is 0 Å². The number of rotatable bonds is 6. The Morgan fingerprint density at radius 3 is 2.42 bits per heavy atom. The molecule has 3 aromatic rings. The monoisotopic (exact) mass is 462 g/mol. The van der Waals surface area contributed by atoms with E-state index in [0.29, 0.717) is 5.56 Å². The maximum absolute atomic E-state index is 13.7. The quantitative estimate of drug-likeness (QED) is 0.430. The predicted molar refractivity (Wildman–Crippen MR) is 102 cm³/mol. The Labute approximate surface area is 173 Å². The first-order valence-electron chi connectivity index (χ1n) is 9.14. The molecule has 1 aromatic carbocycles. The number of nitrogens with zero attached hydrogens (tertiary/aromatic N) is 3. The van der Waals surface area contributed by atoms with Crippen LogP contribution in [0.25, 0.3) is 11.0 Å². The highest BCUT2D eigenvalue weighted by Gasteiger charge is 2.38. The molecule has 2 heterocycles. The number of H-pyrrole nitrogens is 1. The second-order valence-corrected chi connectivity index (χ2v) is 8.16. The van der Waals surface area contributed by atoms with Gasteiger partial charge in [0.15, 0.2) is 5.65 Å². The minimum absolute atomic E-state index is 0.00470. The third-order valence-corrected chi connectivity index (χ3v) is 5.02. The Kier molecular flexibility index (Phi) is 5.15. The van der Waals surface area contributed by atoms with Crippen molar-refractivity contribution in [1.82, 2.24) is 19.7 Å². The molecule has 0 radical (unpaired) electrons. The summed E-state index contributed by atoms with van der Waals surface area (Å²) >= 11 is 0. The standard InChI is InChI=1S/C18H16F5N4O3P/c19-17(20,31)7-11-12-14(24-16(29)25-15(12)28)27(26-11)13(8-1-2-8)9-3-5-10(6-4-9)30-18(21,22)23/h3-6,8,13H,1-2,7,31H2,(H2,24,25,28,29). The van der Waals surface area contributed by atoms with Gasteiger partial charge in [-0.2, -0.15) is 10.1 Å². The second kappa shape index (κ2) is 7.44. The third-order valence-electron chi connectivity index (χ3n) is 4.81. The van der Waals surface area contributed by atoms with Crippen molar-refractivity contribution in [2.45, 2.75) is 37.3 Å². The van der Waals surface area contributed by atoms with Gasteiger partial charge in [-0.1, -0.05) is 21.4 Å². The molecule has 1 fully saturated rings. The van der Waals surface area contributed by atoms with E-state index in [0.717, 1.165) is 25.0 Å². The molecular formula is C18H16F5N4O3P. The first kappa shape index (κ1) is 21.5. The summed E-state index contributed by atoms with van der Waals surface area (Å²) in [7, 11) is 1.38. The van der Waals surface area contributed by atoms with Crippen LogP contribution < -0.4 is 10.3 Å². The molecule has 2 atom stereocenters. The van der Waals surface area contributed by atoms with Crippen LogP contribution in [0.2, 0.25) is 0 Å². The normalized spacial score (nSPS) is 15.9.